The number of rotatable bonds is 5. The van der Waals surface area contributed by atoms with Crippen molar-refractivity contribution in [1.29, 1.82) is 0 Å². The normalized spacial score (nSPS) is 14.3. The zero-order valence-corrected chi connectivity index (χ0v) is 11.4. The van der Waals surface area contributed by atoms with E-state index in [1.54, 1.807) is 4.90 Å². The van der Waals surface area contributed by atoms with Gasteiger partial charge in [-0.05, 0) is 37.5 Å². The number of urea groups is 1. The van der Waals surface area contributed by atoms with Crippen LogP contribution in [0.3, 0.4) is 0 Å². The van der Waals surface area contributed by atoms with Crippen molar-refractivity contribution in [2.24, 2.45) is 0 Å². The highest BCUT2D eigenvalue weighted by atomic mass is 35.5. The first-order valence-corrected chi connectivity index (χ1v) is 6.92. The molecule has 0 atom stereocenters. The molecule has 0 aliphatic heterocycles. The lowest BCUT2D eigenvalue weighted by molar-refractivity contribution is 0.245. The summed E-state index contributed by atoms with van der Waals surface area (Å²) in [6.07, 6.45) is 4.25. The predicted octanol–water partition coefficient (Wildman–Crippen LogP) is 3.82. The van der Waals surface area contributed by atoms with E-state index in [4.69, 9.17) is 11.6 Å². The Balaban J connectivity index is 2.09. The third-order valence-electron chi connectivity index (χ3n) is 3.01. The summed E-state index contributed by atoms with van der Waals surface area (Å²) in [6.45, 7) is 2.85. The number of unbranched alkanes of at least 4 members (excludes halogenated alkanes) is 1. The minimum absolute atomic E-state index is 0.00628. The number of hydrogen-bond donors (Lipinski definition) is 1. The fraction of sp³-hybridized carbons (Fsp3) is 0.500. The zero-order chi connectivity index (χ0) is 13.0. The highest BCUT2D eigenvalue weighted by Crippen LogP contribution is 2.23. The molecule has 0 spiro atoms. The molecule has 1 aliphatic rings. The van der Waals surface area contributed by atoms with Crippen LogP contribution in [0.2, 0.25) is 5.02 Å². The molecule has 1 fully saturated rings. The number of carbonyl (C=O) groups excluding carboxylic acids is 1. The molecule has 1 aliphatic carbocycles. The Bertz CT molecular complexity index is 418. The van der Waals surface area contributed by atoms with Crippen LogP contribution in [-0.2, 0) is 0 Å². The third kappa shape index (κ3) is 3.64. The van der Waals surface area contributed by atoms with Crippen LogP contribution < -0.4 is 10.2 Å². The summed E-state index contributed by atoms with van der Waals surface area (Å²) in [6, 6.07) is 7.83. The van der Waals surface area contributed by atoms with Gasteiger partial charge in [0.2, 0.25) is 0 Å². The Morgan fingerprint density at radius 2 is 2.28 bits per heavy atom. The number of amides is 2. The molecule has 18 heavy (non-hydrogen) atoms. The molecule has 2 rings (SSSR count). The van der Waals surface area contributed by atoms with E-state index >= 15 is 0 Å². The van der Waals surface area contributed by atoms with Gasteiger partial charge in [-0.1, -0.05) is 31.0 Å². The fourth-order valence-corrected chi connectivity index (χ4v) is 1.97. The van der Waals surface area contributed by atoms with Crippen LogP contribution in [-0.4, -0.2) is 18.6 Å². The van der Waals surface area contributed by atoms with Gasteiger partial charge in [-0.2, -0.15) is 0 Å². The monoisotopic (exact) mass is 266 g/mol. The van der Waals surface area contributed by atoms with Gasteiger partial charge in [0.1, 0.15) is 0 Å². The van der Waals surface area contributed by atoms with Crippen LogP contribution in [0.4, 0.5) is 10.5 Å². The van der Waals surface area contributed by atoms with Crippen molar-refractivity contribution in [3.05, 3.63) is 29.3 Å². The van der Waals surface area contributed by atoms with Crippen molar-refractivity contribution in [3.8, 4) is 0 Å². The average Bonchev–Trinajstić information content (AvgIpc) is 3.13. The van der Waals surface area contributed by atoms with E-state index in [0.29, 0.717) is 11.1 Å². The minimum Gasteiger partial charge on any atom is -0.335 e. The lowest BCUT2D eigenvalue weighted by Gasteiger charge is -2.23. The van der Waals surface area contributed by atoms with Crippen molar-refractivity contribution in [3.63, 3.8) is 0 Å². The molecular formula is C14H19ClN2O. The van der Waals surface area contributed by atoms with Crippen molar-refractivity contribution >= 4 is 23.3 Å². The van der Waals surface area contributed by atoms with Crippen LogP contribution >= 0.6 is 11.6 Å². The summed E-state index contributed by atoms with van der Waals surface area (Å²) in [4.78, 5) is 14.0. The summed E-state index contributed by atoms with van der Waals surface area (Å²) in [5.41, 5.74) is 0.870. The molecule has 3 nitrogen and oxygen atoms in total. The van der Waals surface area contributed by atoms with E-state index in [1.165, 1.54) is 0 Å². The minimum atomic E-state index is -0.00628. The van der Waals surface area contributed by atoms with Gasteiger partial charge in [-0.25, -0.2) is 4.79 Å². The molecule has 0 aromatic heterocycles. The number of anilines is 1. The first kappa shape index (κ1) is 13.2. The van der Waals surface area contributed by atoms with E-state index in [-0.39, 0.29) is 6.03 Å². The first-order valence-electron chi connectivity index (χ1n) is 6.54. The van der Waals surface area contributed by atoms with Crippen molar-refractivity contribution in [2.45, 2.75) is 38.6 Å². The number of halogens is 1. The van der Waals surface area contributed by atoms with E-state index in [9.17, 15) is 4.79 Å². The van der Waals surface area contributed by atoms with Crippen LogP contribution in [0.5, 0.6) is 0 Å². The molecule has 0 radical (unpaired) electrons. The van der Waals surface area contributed by atoms with Gasteiger partial charge in [-0.15, -0.1) is 0 Å². The fourth-order valence-electron chi connectivity index (χ4n) is 1.79. The summed E-state index contributed by atoms with van der Waals surface area (Å²) >= 11 is 5.99. The second-order valence-corrected chi connectivity index (χ2v) is 5.15. The lowest BCUT2D eigenvalue weighted by atomic mass is 10.2. The van der Waals surface area contributed by atoms with Gasteiger partial charge in [0.15, 0.2) is 0 Å². The standard InChI is InChI=1S/C14H19ClN2O/c1-2-3-9-17(14(18)16-12-7-8-12)13-6-4-5-11(15)10-13/h4-6,10,12H,2-3,7-9H2,1H3,(H,16,18). The van der Waals surface area contributed by atoms with Gasteiger partial charge >= 0.3 is 6.03 Å². The largest absolute Gasteiger partial charge is 0.335 e. The van der Waals surface area contributed by atoms with Crippen LogP contribution in [0.1, 0.15) is 32.6 Å². The van der Waals surface area contributed by atoms with E-state index in [0.717, 1.165) is 37.9 Å². The smallest absolute Gasteiger partial charge is 0.322 e. The highest BCUT2D eigenvalue weighted by molar-refractivity contribution is 6.30. The molecule has 0 heterocycles. The maximum Gasteiger partial charge on any atom is 0.322 e. The molecule has 1 saturated carbocycles. The molecule has 1 aromatic rings. The van der Waals surface area contributed by atoms with E-state index < -0.39 is 0 Å². The highest BCUT2D eigenvalue weighted by Gasteiger charge is 2.26. The molecule has 4 heteroatoms. The SMILES string of the molecule is CCCCN(C(=O)NC1CC1)c1cccc(Cl)c1. The molecule has 0 saturated heterocycles. The predicted molar refractivity (Wildman–Crippen MR) is 75.3 cm³/mol. The molecule has 1 aromatic carbocycles. The summed E-state index contributed by atoms with van der Waals surface area (Å²) in [7, 11) is 0. The van der Waals surface area contributed by atoms with Crippen LogP contribution in [0.15, 0.2) is 24.3 Å². The average molecular weight is 267 g/mol. The lowest BCUT2D eigenvalue weighted by Crippen LogP contribution is -2.41. The quantitative estimate of drug-likeness (QED) is 0.863. The molecule has 98 valence electrons. The summed E-state index contributed by atoms with van der Waals surface area (Å²) in [5, 5.41) is 3.69. The number of nitrogens with one attached hydrogen (secondary N) is 1. The number of carbonyl (C=O) groups is 1. The number of nitrogens with zero attached hydrogens (tertiary/aromatic N) is 1. The number of hydrogen-bond acceptors (Lipinski definition) is 1. The van der Waals surface area contributed by atoms with Gasteiger partial charge < -0.3 is 5.32 Å². The summed E-state index contributed by atoms with van der Waals surface area (Å²) < 4.78 is 0. The molecule has 1 N–H and O–H groups in total. The van der Waals surface area contributed by atoms with E-state index in [1.807, 2.05) is 24.3 Å². The zero-order valence-electron chi connectivity index (χ0n) is 10.7. The molecule has 0 unspecified atom stereocenters. The maximum absolute atomic E-state index is 12.2. The number of benzene rings is 1. The molecular weight excluding hydrogens is 248 g/mol. The maximum atomic E-state index is 12.2. The van der Waals surface area contributed by atoms with Crippen LogP contribution in [0.25, 0.3) is 0 Å². The van der Waals surface area contributed by atoms with Crippen molar-refractivity contribution < 1.29 is 4.79 Å². The summed E-state index contributed by atoms with van der Waals surface area (Å²) in [5.74, 6) is 0. The Morgan fingerprint density at radius 1 is 1.50 bits per heavy atom. The first-order chi connectivity index (χ1) is 8.70. The van der Waals surface area contributed by atoms with Gasteiger partial charge in [0.05, 0.1) is 0 Å². The van der Waals surface area contributed by atoms with Gasteiger partial charge in [0, 0.05) is 23.3 Å². The Labute approximate surface area is 113 Å². The second kappa shape index (κ2) is 6.10. The van der Waals surface area contributed by atoms with Gasteiger partial charge in [0.25, 0.3) is 0 Å². The van der Waals surface area contributed by atoms with Crippen molar-refractivity contribution in [2.75, 3.05) is 11.4 Å². The van der Waals surface area contributed by atoms with Gasteiger partial charge in [-0.3, -0.25) is 4.90 Å². The Morgan fingerprint density at radius 3 is 2.89 bits per heavy atom. The second-order valence-electron chi connectivity index (χ2n) is 4.71. The molecule has 2 amide bonds. The topological polar surface area (TPSA) is 32.3 Å². The van der Waals surface area contributed by atoms with E-state index in [2.05, 4.69) is 12.2 Å². The van der Waals surface area contributed by atoms with Crippen molar-refractivity contribution in [1.82, 2.24) is 5.32 Å². The third-order valence-corrected chi connectivity index (χ3v) is 3.24. The Hall–Kier alpha value is -1.22. The Kier molecular flexibility index (Phi) is 4.48. The van der Waals surface area contributed by atoms with Crippen LogP contribution in [0, 0.1) is 0 Å². The molecule has 0 bridgehead atoms.